The number of aliphatic carboxylic acids is 1. The summed E-state index contributed by atoms with van der Waals surface area (Å²) in [5.74, 6) is -0.585. The highest BCUT2D eigenvalue weighted by molar-refractivity contribution is 5.79. The lowest BCUT2D eigenvalue weighted by molar-refractivity contribution is -0.870. The van der Waals surface area contributed by atoms with E-state index in [9.17, 15) is 14.7 Å². The van der Waals surface area contributed by atoms with Gasteiger partial charge in [-0.3, -0.25) is 19.2 Å². The molecular weight excluding hydrogens is 506 g/mol. The quantitative estimate of drug-likeness (QED) is 0.268. The number of benzene rings is 1. The third-order valence-corrected chi connectivity index (χ3v) is 8.37. The predicted octanol–water partition coefficient (Wildman–Crippen LogP) is 3.49. The van der Waals surface area contributed by atoms with Crippen LogP contribution in [-0.2, 0) is 22.6 Å². The zero-order chi connectivity index (χ0) is 28.7. The fourth-order valence-electron chi connectivity index (χ4n) is 6.20. The molecule has 1 aromatic heterocycles. The Kier molecular flexibility index (Phi) is 10.2. The Morgan fingerprint density at radius 3 is 2.67 bits per heavy atom. The maximum absolute atomic E-state index is 13.7. The van der Waals surface area contributed by atoms with Crippen molar-refractivity contribution in [3.63, 3.8) is 0 Å². The summed E-state index contributed by atoms with van der Waals surface area (Å²) in [5, 5.41) is 14.8. The van der Waals surface area contributed by atoms with Crippen LogP contribution in [0, 0.1) is 5.92 Å². The molecule has 0 bridgehead atoms. The summed E-state index contributed by atoms with van der Waals surface area (Å²) in [6, 6.07) is 7.74. The van der Waals surface area contributed by atoms with E-state index in [0.29, 0.717) is 26.1 Å². The first-order chi connectivity index (χ1) is 19.2. The van der Waals surface area contributed by atoms with Gasteiger partial charge in [-0.25, -0.2) is 0 Å². The second-order valence-electron chi connectivity index (χ2n) is 12.4. The van der Waals surface area contributed by atoms with Gasteiger partial charge in [0.2, 0.25) is 5.91 Å². The Balaban J connectivity index is 1.52. The van der Waals surface area contributed by atoms with E-state index in [0.717, 1.165) is 73.1 Å². The smallest absolute Gasteiger partial charge is 0.308 e. The number of ether oxygens (including phenoxy) is 1. The molecule has 0 saturated carbocycles. The first-order valence-electron chi connectivity index (χ1n) is 14.9. The molecule has 220 valence electrons. The van der Waals surface area contributed by atoms with Gasteiger partial charge in [0.05, 0.1) is 46.8 Å². The molecule has 0 spiro atoms. The van der Waals surface area contributed by atoms with Gasteiger partial charge in [-0.15, -0.1) is 0 Å². The lowest BCUT2D eigenvalue weighted by Crippen LogP contribution is -2.45. The van der Waals surface area contributed by atoms with Gasteiger partial charge in [0.1, 0.15) is 5.75 Å². The van der Waals surface area contributed by atoms with Gasteiger partial charge >= 0.3 is 5.97 Å². The van der Waals surface area contributed by atoms with Crippen LogP contribution in [0.4, 0.5) is 0 Å². The van der Waals surface area contributed by atoms with Crippen LogP contribution in [0.1, 0.15) is 56.1 Å². The molecule has 3 atom stereocenters. The number of hydrogen-bond acceptors (Lipinski definition) is 5. The fourth-order valence-corrected chi connectivity index (χ4v) is 6.20. The van der Waals surface area contributed by atoms with Crippen LogP contribution in [-0.4, -0.2) is 108 Å². The molecule has 2 aliphatic rings. The third kappa shape index (κ3) is 7.85. The number of fused-ring (bicyclic) bond motifs is 1. The summed E-state index contributed by atoms with van der Waals surface area (Å²) in [7, 11) is 6.58. The Hall–Kier alpha value is -2.91. The maximum atomic E-state index is 13.7. The van der Waals surface area contributed by atoms with Gasteiger partial charge < -0.3 is 19.2 Å². The topological polar surface area (TPSA) is 87.9 Å². The van der Waals surface area contributed by atoms with Crippen LogP contribution in [0.15, 0.2) is 36.7 Å². The highest BCUT2D eigenvalue weighted by atomic mass is 16.5. The Bertz CT molecular complexity index is 1110. The minimum absolute atomic E-state index is 0.106. The van der Waals surface area contributed by atoms with E-state index in [2.05, 4.69) is 44.1 Å². The lowest BCUT2D eigenvalue weighted by Gasteiger charge is -2.30. The standard InChI is InChI=1S/C31H47N5O4/c1-5-6-15-33(16-7-8-19-36(2,3)4)29(37)23-34-22-26(24-10-11-28-25(21-24)13-20-40-28)30(31(38)39)27(34)12-18-35-17-9-14-32-35/h9-11,14,17,21,26-27,30H,5-8,12-13,15-16,18-20,22-23H2,1-4H3/p+1/t26-,27+,30?/m1/s1. The van der Waals surface area contributed by atoms with Crippen molar-refractivity contribution in [1.82, 2.24) is 19.6 Å². The largest absolute Gasteiger partial charge is 0.493 e. The number of quaternary nitrogens is 1. The number of amides is 1. The van der Waals surface area contributed by atoms with E-state index in [1.807, 2.05) is 34.0 Å². The van der Waals surface area contributed by atoms with Crippen molar-refractivity contribution in [1.29, 1.82) is 0 Å². The molecule has 1 fully saturated rings. The molecule has 9 nitrogen and oxygen atoms in total. The molecule has 1 amide bonds. The fraction of sp³-hybridized carbons (Fsp3) is 0.645. The number of aryl methyl sites for hydroxylation is 1. The molecule has 9 heteroatoms. The van der Waals surface area contributed by atoms with Crippen molar-refractivity contribution in [2.45, 2.75) is 64.0 Å². The van der Waals surface area contributed by atoms with Crippen LogP contribution in [0.25, 0.3) is 0 Å². The zero-order valence-corrected chi connectivity index (χ0v) is 24.8. The van der Waals surface area contributed by atoms with Crippen LogP contribution in [0.2, 0.25) is 0 Å². The Labute approximate surface area is 239 Å². The first-order valence-corrected chi connectivity index (χ1v) is 14.9. The van der Waals surface area contributed by atoms with E-state index in [4.69, 9.17) is 4.74 Å². The maximum Gasteiger partial charge on any atom is 0.308 e. The van der Waals surface area contributed by atoms with Crippen molar-refractivity contribution in [2.75, 3.05) is 60.5 Å². The van der Waals surface area contributed by atoms with E-state index >= 15 is 0 Å². The summed E-state index contributed by atoms with van der Waals surface area (Å²) in [6.45, 7) is 6.80. The molecule has 1 unspecified atom stereocenters. The number of aromatic nitrogens is 2. The molecule has 4 rings (SSSR count). The second-order valence-corrected chi connectivity index (χ2v) is 12.4. The normalized spacial score (nSPS) is 20.9. The van der Waals surface area contributed by atoms with Crippen LogP contribution in [0.3, 0.4) is 0 Å². The molecule has 2 aromatic rings. The van der Waals surface area contributed by atoms with E-state index in [1.165, 1.54) is 0 Å². The minimum Gasteiger partial charge on any atom is -0.493 e. The number of rotatable bonds is 15. The number of carbonyl (C=O) groups is 2. The van der Waals surface area contributed by atoms with E-state index in [-0.39, 0.29) is 24.4 Å². The zero-order valence-electron chi connectivity index (χ0n) is 24.8. The highest BCUT2D eigenvalue weighted by Gasteiger charge is 2.47. The van der Waals surface area contributed by atoms with Crippen molar-refractivity contribution in [3.05, 3.63) is 47.8 Å². The second kappa shape index (κ2) is 13.6. The number of nitrogens with zero attached hydrogens (tertiary/aromatic N) is 5. The Morgan fingerprint density at radius 2 is 1.98 bits per heavy atom. The predicted molar refractivity (Wildman–Crippen MR) is 155 cm³/mol. The number of unbranched alkanes of at least 4 members (excludes halogenated alkanes) is 2. The van der Waals surface area contributed by atoms with Crippen molar-refractivity contribution >= 4 is 11.9 Å². The summed E-state index contributed by atoms with van der Waals surface area (Å²) in [4.78, 5) is 30.7. The SMILES string of the molecule is CCCCN(CCCC[N+](C)(C)C)C(=O)CN1C[C@H](c2ccc3c(c2)CCO3)C(C(=O)O)[C@@H]1CCn1cccn1. The number of likely N-dealkylation sites (tertiary alicyclic amines) is 1. The molecule has 0 radical (unpaired) electrons. The molecule has 1 N–H and O–H groups in total. The van der Waals surface area contributed by atoms with Gasteiger partial charge in [0.25, 0.3) is 0 Å². The average molecular weight is 555 g/mol. The molecule has 1 aromatic carbocycles. The summed E-state index contributed by atoms with van der Waals surface area (Å²) in [6.07, 6.45) is 9.16. The number of hydrogen-bond donors (Lipinski definition) is 1. The summed E-state index contributed by atoms with van der Waals surface area (Å²) < 4.78 is 8.46. The average Bonchev–Trinajstić information content (AvgIpc) is 3.66. The van der Waals surface area contributed by atoms with Crippen molar-refractivity contribution in [2.24, 2.45) is 5.92 Å². The van der Waals surface area contributed by atoms with Gasteiger partial charge in [0.15, 0.2) is 0 Å². The van der Waals surface area contributed by atoms with Crippen molar-refractivity contribution < 1.29 is 23.9 Å². The molecular formula is C31H48N5O4+. The van der Waals surface area contributed by atoms with Gasteiger partial charge in [-0.05, 0) is 48.9 Å². The molecule has 3 heterocycles. The van der Waals surface area contributed by atoms with Crippen LogP contribution in [0.5, 0.6) is 5.75 Å². The van der Waals surface area contributed by atoms with Gasteiger partial charge in [-0.1, -0.05) is 25.5 Å². The molecule has 0 aliphatic carbocycles. The highest BCUT2D eigenvalue weighted by Crippen LogP contribution is 2.41. The van der Waals surface area contributed by atoms with Gasteiger partial charge in [-0.2, -0.15) is 5.10 Å². The van der Waals surface area contributed by atoms with Crippen LogP contribution >= 0.6 is 0 Å². The van der Waals surface area contributed by atoms with E-state index in [1.54, 1.807) is 6.20 Å². The molecule has 1 saturated heterocycles. The number of carboxylic acids is 1. The molecule has 40 heavy (non-hydrogen) atoms. The number of carbonyl (C=O) groups excluding carboxylic acids is 1. The number of carboxylic acid groups (broad SMARTS) is 1. The van der Waals surface area contributed by atoms with Gasteiger partial charge in [0, 0.05) is 57.0 Å². The van der Waals surface area contributed by atoms with Crippen molar-refractivity contribution in [3.8, 4) is 5.75 Å². The Morgan fingerprint density at radius 1 is 1.18 bits per heavy atom. The van der Waals surface area contributed by atoms with Crippen LogP contribution < -0.4 is 4.74 Å². The minimum atomic E-state index is -0.801. The summed E-state index contributed by atoms with van der Waals surface area (Å²) in [5.41, 5.74) is 2.17. The lowest BCUT2D eigenvalue weighted by atomic mass is 9.83. The van der Waals surface area contributed by atoms with E-state index < -0.39 is 11.9 Å². The monoisotopic (exact) mass is 554 g/mol. The summed E-state index contributed by atoms with van der Waals surface area (Å²) >= 11 is 0. The third-order valence-electron chi connectivity index (χ3n) is 8.37. The molecule has 2 aliphatic heterocycles. The first kappa shape index (κ1) is 30.1.